The second-order valence-corrected chi connectivity index (χ2v) is 5.16. The monoisotopic (exact) mass is 244 g/mol. The molecule has 1 N–H and O–H groups in total. The lowest BCUT2D eigenvalue weighted by molar-refractivity contribution is 0.296. The van der Waals surface area contributed by atoms with Gasteiger partial charge in [0, 0.05) is 18.2 Å². The molecule has 2 nitrogen and oxygen atoms in total. The number of benzene rings is 1. The Kier molecular flexibility index (Phi) is 6.49. The van der Waals surface area contributed by atoms with Crippen molar-refractivity contribution in [1.29, 1.82) is 0 Å². The number of nitrogens with one attached hydrogen (secondary N) is 1. The summed E-state index contributed by atoms with van der Waals surface area (Å²) in [5.41, 5.74) is 1.08. The van der Waals surface area contributed by atoms with E-state index in [1.807, 2.05) is 30.3 Å². The molecule has 0 spiro atoms. The zero-order chi connectivity index (χ0) is 13.4. The van der Waals surface area contributed by atoms with Crippen molar-refractivity contribution >= 4 is 0 Å². The minimum absolute atomic E-state index is 0.491. The highest BCUT2D eigenvalue weighted by Crippen LogP contribution is 2.02. The lowest BCUT2D eigenvalue weighted by Crippen LogP contribution is -2.42. The topological polar surface area (TPSA) is 15.3 Å². The maximum absolute atomic E-state index is 3.51. The Morgan fingerprint density at radius 1 is 1.17 bits per heavy atom. The van der Waals surface area contributed by atoms with E-state index in [4.69, 9.17) is 0 Å². The molecule has 98 valence electrons. The first kappa shape index (κ1) is 14.8. The fourth-order valence-electron chi connectivity index (χ4n) is 1.75. The molecule has 2 heteroatoms. The molecule has 0 saturated heterocycles. The van der Waals surface area contributed by atoms with Gasteiger partial charge >= 0.3 is 0 Å². The first-order valence-electron chi connectivity index (χ1n) is 6.51. The highest BCUT2D eigenvalue weighted by atomic mass is 15.1. The van der Waals surface area contributed by atoms with Gasteiger partial charge in [0.1, 0.15) is 0 Å². The molecule has 0 aliphatic heterocycles. The van der Waals surface area contributed by atoms with Crippen LogP contribution in [0.2, 0.25) is 0 Å². The summed E-state index contributed by atoms with van der Waals surface area (Å²) in [5, 5.41) is 3.51. The second kappa shape index (κ2) is 7.92. The summed E-state index contributed by atoms with van der Waals surface area (Å²) < 4.78 is 0. The number of rotatable bonds is 5. The maximum Gasteiger partial charge on any atom is 0.0582 e. The Morgan fingerprint density at radius 2 is 1.83 bits per heavy atom. The van der Waals surface area contributed by atoms with Gasteiger partial charge in [0.05, 0.1) is 6.54 Å². The molecule has 0 radical (unpaired) electrons. The summed E-state index contributed by atoms with van der Waals surface area (Å²) in [4.78, 5) is 2.21. The predicted octanol–water partition coefficient (Wildman–Crippen LogP) is 2.21. The summed E-state index contributed by atoms with van der Waals surface area (Å²) in [5.74, 6) is 6.96. The van der Waals surface area contributed by atoms with Crippen molar-refractivity contribution in [3.05, 3.63) is 35.9 Å². The van der Waals surface area contributed by atoms with E-state index in [1.54, 1.807) is 0 Å². The Morgan fingerprint density at radius 3 is 2.39 bits per heavy atom. The standard InChI is InChI=1S/C16H24N2/c1-14(2)16(13-18(3)4)17-12-8-11-15-9-6-5-7-10-15/h5-7,9-10,14,16-17H,12-13H2,1-4H3. The van der Waals surface area contributed by atoms with Crippen molar-refractivity contribution in [3.8, 4) is 11.8 Å². The number of likely N-dealkylation sites (N-methyl/N-ethyl adjacent to an activating group) is 1. The number of hydrogen-bond acceptors (Lipinski definition) is 2. The average Bonchev–Trinajstić information content (AvgIpc) is 2.33. The summed E-state index contributed by atoms with van der Waals surface area (Å²) in [6, 6.07) is 10.6. The molecule has 0 fully saturated rings. The third kappa shape index (κ3) is 5.86. The highest BCUT2D eigenvalue weighted by molar-refractivity contribution is 5.33. The first-order valence-corrected chi connectivity index (χ1v) is 6.51. The van der Waals surface area contributed by atoms with Gasteiger partial charge in [-0.1, -0.05) is 43.9 Å². The molecule has 0 bridgehead atoms. The van der Waals surface area contributed by atoms with Crippen LogP contribution in [0.15, 0.2) is 30.3 Å². The van der Waals surface area contributed by atoms with E-state index in [9.17, 15) is 0 Å². The van der Waals surface area contributed by atoms with E-state index in [1.165, 1.54) is 0 Å². The van der Waals surface area contributed by atoms with E-state index in [0.717, 1.165) is 18.7 Å². The molecule has 1 unspecified atom stereocenters. The minimum Gasteiger partial charge on any atom is -0.308 e. The van der Waals surface area contributed by atoms with Gasteiger partial charge in [-0.2, -0.15) is 0 Å². The summed E-state index contributed by atoms with van der Waals surface area (Å²) in [6.07, 6.45) is 0. The lowest BCUT2D eigenvalue weighted by atomic mass is 10.0. The zero-order valence-corrected chi connectivity index (χ0v) is 11.9. The fourth-order valence-corrected chi connectivity index (χ4v) is 1.75. The largest absolute Gasteiger partial charge is 0.308 e. The fraction of sp³-hybridized carbons (Fsp3) is 0.500. The number of nitrogens with zero attached hydrogens (tertiary/aromatic N) is 1. The van der Waals surface area contributed by atoms with E-state index in [-0.39, 0.29) is 0 Å². The molecule has 0 aromatic heterocycles. The normalized spacial score (nSPS) is 12.3. The van der Waals surface area contributed by atoms with Gasteiger partial charge in [-0.3, -0.25) is 0 Å². The predicted molar refractivity (Wildman–Crippen MR) is 78.5 cm³/mol. The molecule has 1 aromatic rings. The van der Waals surface area contributed by atoms with Crippen molar-refractivity contribution in [2.45, 2.75) is 19.9 Å². The SMILES string of the molecule is CC(C)C(CN(C)C)NCC#Cc1ccccc1. The quantitative estimate of drug-likeness (QED) is 0.799. The van der Waals surface area contributed by atoms with Gasteiger partial charge < -0.3 is 10.2 Å². The molecule has 18 heavy (non-hydrogen) atoms. The van der Waals surface area contributed by atoms with E-state index < -0.39 is 0 Å². The molecule has 1 aromatic carbocycles. The van der Waals surface area contributed by atoms with Gasteiger partial charge in [-0.15, -0.1) is 0 Å². The van der Waals surface area contributed by atoms with Gasteiger partial charge in [0.25, 0.3) is 0 Å². The third-order valence-corrected chi connectivity index (χ3v) is 2.83. The molecule has 1 atom stereocenters. The average molecular weight is 244 g/mol. The van der Waals surface area contributed by atoms with Gasteiger partial charge in [0.2, 0.25) is 0 Å². The molecular formula is C16H24N2. The van der Waals surface area contributed by atoms with Crippen molar-refractivity contribution in [2.75, 3.05) is 27.2 Å². The van der Waals surface area contributed by atoms with Crippen LogP contribution in [0, 0.1) is 17.8 Å². The van der Waals surface area contributed by atoms with Crippen LogP contribution < -0.4 is 5.32 Å². The Hall–Kier alpha value is -1.30. The molecular weight excluding hydrogens is 220 g/mol. The Balaban J connectivity index is 2.42. The molecule has 0 amide bonds. The Bertz CT molecular complexity index is 385. The van der Waals surface area contributed by atoms with Gasteiger partial charge in [0.15, 0.2) is 0 Å². The van der Waals surface area contributed by atoms with Crippen LogP contribution in [0.1, 0.15) is 19.4 Å². The molecule has 0 heterocycles. The van der Waals surface area contributed by atoms with Gasteiger partial charge in [-0.05, 0) is 32.1 Å². The van der Waals surface area contributed by atoms with Crippen molar-refractivity contribution in [3.63, 3.8) is 0 Å². The van der Waals surface area contributed by atoms with Crippen LogP contribution in [0.25, 0.3) is 0 Å². The van der Waals surface area contributed by atoms with Crippen molar-refractivity contribution < 1.29 is 0 Å². The smallest absolute Gasteiger partial charge is 0.0582 e. The molecule has 0 aliphatic carbocycles. The van der Waals surface area contributed by atoms with Crippen LogP contribution in [0.5, 0.6) is 0 Å². The third-order valence-electron chi connectivity index (χ3n) is 2.83. The highest BCUT2D eigenvalue weighted by Gasteiger charge is 2.12. The van der Waals surface area contributed by atoms with Crippen LogP contribution in [-0.4, -0.2) is 38.1 Å². The van der Waals surface area contributed by atoms with Crippen LogP contribution >= 0.6 is 0 Å². The molecule has 0 aliphatic rings. The summed E-state index contributed by atoms with van der Waals surface area (Å²) in [7, 11) is 4.21. The van der Waals surface area contributed by atoms with Crippen LogP contribution in [-0.2, 0) is 0 Å². The van der Waals surface area contributed by atoms with E-state index in [0.29, 0.717) is 12.0 Å². The lowest BCUT2D eigenvalue weighted by Gasteiger charge is -2.24. The van der Waals surface area contributed by atoms with E-state index >= 15 is 0 Å². The van der Waals surface area contributed by atoms with Crippen LogP contribution in [0.3, 0.4) is 0 Å². The van der Waals surface area contributed by atoms with Crippen molar-refractivity contribution in [1.82, 2.24) is 10.2 Å². The molecule has 0 saturated carbocycles. The first-order chi connectivity index (χ1) is 8.59. The van der Waals surface area contributed by atoms with E-state index in [2.05, 4.69) is 50.0 Å². The zero-order valence-electron chi connectivity index (χ0n) is 11.9. The number of hydrogen-bond donors (Lipinski definition) is 1. The summed E-state index contributed by atoms with van der Waals surface area (Å²) >= 11 is 0. The second-order valence-electron chi connectivity index (χ2n) is 5.16. The van der Waals surface area contributed by atoms with Crippen LogP contribution in [0.4, 0.5) is 0 Å². The molecule has 1 rings (SSSR count). The Labute approximate surface area is 111 Å². The maximum atomic E-state index is 3.51. The van der Waals surface area contributed by atoms with Gasteiger partial charge in [-0.25, -0.2) is 0 Å². The minimum atomic E-state index is 0.491. The summed E-state index contributed by atoms with van der Waals surface area (Å²) in [6.45, 7) is 6.27. The van der Waals surface area contributed by atoms with Crippen molar-refractivity contribution in [2.24, 2.45) is 5.92 Å².